The Hall–Kier alpha value is -2.45. The average molecular weight is 401 g/mol. The fourth-order valence-corrected chi connectivity index (χ4v) is 5.10. The van der Waals surface area contributed by atoms with E-state index in [1.165, 1.54) is 6.07 Å². The minimum absolute atomic E-state index is 0.0525. The summed E-state index contributed by atoms with van der Waals surface area (Å²) in [4.78, 5) is 12.6. The molecule has 0 aromatic heterocycles. The maximum absolute atomic E-state index is 12.4. The summed E-state index contributed by atoms with van der Waals surface area (Å²) in [6.45, 7) is 0.842. The third-order valence-corrected chi connectivity index (χ3v) is 6.65. The monoisotopic (exact) mass is 400 g/mol. The fourth-order valence-electron chi connectivity index (χ4n) is 3.93. The number of para-hydroxylation sites is 1. The molecule has 4 rings (SSSR count). The van der Waals surface area contributed by atoms with E-state index >= 15 is 0 Å². The van der Waals surface area contributed by atoms with Crippen molar-refractivity contribution in [3.63, 3.8) is 0 Å². The topological polar surface area (TPSA) is 90.9 Å². The van der Waals surface area contributed by atoms with Crippen LogP contribution in [0.25, 0.3) is 0 Å². The van der Waals surface area contributed by atoms with Crippen molar-refractivity contribution in [2.24, 2.45) is 10.3 Å². The first-order valence-electron chi connectivity index (χ1n) is 9.64. The second kappa shape index (κ2) is 7.89. The number of anilines is 1. The van der Waals surface area contributed by atoms with Crippen molar-refractivity contribution in [2.75, 3.05) is 11.9 Å². The molecular weight excluding hydrogens is 376 g/mol. The molecule has 0 spiro atoms. The lowest BCUT2D eigenvalue weighted by molar-refractivity contribution is -0.127. The molecule has 2 atom stereocenters. The van der Waals surface area contributed by atoms with Gasteiger partial charge in [-0.1, -0.05) is 36.4 Å². The van der Waals surface area contributed by atoms with Gasteiger partial charge in [-0.05, 0) is 37.3 Å². The summed E-state index contributed by atoms with van der Waals surface area (Å²) in [6, 6.07) is 6.91. The zero-order valence-corrected chi connectivity index (χ0v) is 16.4. The van der Waals surface area contributed by atoms with Crippen molar-refractivity contribution in [3.8, 4) is 0 Å². The highest BCUT2D eigenvalue weighted by Crippen LogP contribution is 2.28. The van der Waals surface area contributed by atoms with Gasteiger partial charge in [-0.3, -0.25) is 10.2 Å². The Morgan fingerprint density at radius 1 is 1.25 bits per heavy atom. The first-order valence-corrected chi connectivity index (χ1v) is 11.1. The van der Waals surface area contributed by atoms with Gasteiger partial charge in [0.1, 0.15) is 10.7 Å². The van der Waals surface area contributed by atoms with Gasteiger partial charge in [0, 0.05) is 19.4 Å². The molecule has 2 aliphatic heterocycles. The molecular formula is C20H24N4O3S. The number of nitrogens with zero attached hydrogens (tertiary/aromatic N) is 2. The molecule has 1 fully saturated rings. The van der Waals surface area contributed by atoms with Crippen LogP contribution in [0.4, 0.5) is 5.69 Å². The van der Waals surface area contributed by atoms with Crippen molar-refractivity contribution in [1.82, 2.24) is 10.4 Å². The van der Waals surface area contributed by atoms with Gasteiger partial charge in [0.15, 0.2) is 0 Å². The Morgan fingerprint density at radius 3 is 2.96 bits per heavy atom. The Morgan fingerprint density at radius 2 is 2.07 bits per heavy atom. The number of carbonyl (C=O) groups excluding carboxylic acids is 1. The van der Waals surface area contributed by atoms with Gasteiger partial charge in [0.05, 0.1) is 11.7 Å². The van der Waals surface area contributed by atoms with E-state index in [1.807, 2.05) is 11.1 Å². The highest BCUT2D eigenvalue weighted by atomic mass is 32.2. The van der Waals surface area contributed by atoms with Gasteiger partial charge in [0.2, 0.25) is 5.91 Å². The van der Waals surface area contributed by atoms with E-state index < -0.39 is 10.0 Å². The van der Waals surface area contributed by atoms with Gasteiger partial charge < -0.3 is 5.32 Å². The van der Waals surface area contributed by atoms with Gasteiger partial charge >= 0.3 is 0 Å². The van der Waals surface area contributed by atoms with Crippen LogP contribution in [-0.4, -0.2) is 37.8 Å². The predicted octanol–water partition coefficient (Wildman–Crippen LogP) is 2.61. The number of amidine groups is 1. The number of piperidine rings is 1. The molecule has 2 N–H and O–H groups in total. The highest BCUT2D eigenvalue weighted by molar-refractivity contribution is 7.90. The second-order valence-electron chi connectivity index (χ2n) is 7.28. The zero-order valence-electron chi connectivity index (χ0n) is 15.5. The molecule has 7 nitrogen and oxygen atoms in total. The first kappa shape index (κ1) is 18.9. The van der Waals surface area contributed by atoms with Crippen LogP contribution >= 0.6 is 0 Å². The molecule has 0 saturated carbocycles. The largest absolute Gasteiger partial charge is 0.342 e. The van der Waals surface area contributed by atoms with E-state index in [-0.39, 0.29) is 16.8 Å². The number of carbonyl (C=O) groups is 1. The van der Waals surface area contributed by atoms with E-state index in [0.29, 0.717) is 36.7 Å². The number of allylic oxidation sites excluding steroid dienone is 2. The Bertz CT molecular complexity index is 952. The Labute approximate surface area is 165 Å². The van der Waals surface area contributed by atoms with Crippen molar-refractivity contribution in [3.05, 3.63) is 48.6 Å². The smallest absolute Gasteiger partial charge is 0.286 e. The summed E-state index contributed by atoms with van der Waals surface area (Å²) in [6.07, 6.45) is 11.9. The summed E-state index contributed by atoms with van der Waals surface area (Å²) >= 11 is 0. The van der Waals surface area contributed by atoms with Crippen molar-refractivity contribution >= 4 is 27.5 Å². The van der Waals surface area contributed by atoms with Crippen LogP contribution in [-0.2, 0) is 14.8 Å². The Balaban J connectivity index is 1.30. The highest BCUT2D eigenvalue weighted by Gasteiger charge is 2.30. The minimum Gasteiger partial charge on any atom is -0.342 e. The minimum atomic E-state index is -3.68. The number of sulfonamides is 1. The maximum Gasteiger partial charge on any atom is 0.286 e. The molecule has 0 unspecified atom stereocenters. The zero-order chi connectivity index (χ0) is 19.6. The van der Waals surface area contributed by atoms with E-state index in [0.717, 1.165) is 19.4 Å². The molecule has 1 amide bonds. The van der Waals surface area contributed by atoms with Crippen molar-refractivity contribution in [1.29, 1.82) is 0 Å². The lowest BCUT2D eigenvalue weighted by atomic mass is 9.87. The quantitative estimate of drug-likeness (QED) is 0.793. The molecule has 1 saturated heterocycles. The van der Waals surface area contributed by atoms with E-state index in [1.54, 1.807) is 18.2 Å². The van der Waals surface area contributed by atoms with Crippen LogP contribution in [0.15, 0.2) is 57.9 Å². The third kappa shape index (κ3) is 4.02. The molecule has 148 valence electrons. The summed E-state index contributed by atoms with van der Waals surface area (Å²) in [5.41, 5.74) is 3.55. The SMILES string of the molecule is O=C(CCCC1=NS(=O)(=O)c2ccccc2N1)NN1CCC[C@H]2C=CC=C[C@@H]21. The number of amides is 1. The van der Waals surface area contributed by atoms with Crippen LogP contribution < -0.4 is 10.7 Å². The van der Waals surface area contributed by atoms with Gasteiger partial charge in [-0.15, -0.1) is 4.40 Å². The fraction of sp³-hybridized carbons (Fsp3) is 0.400. The van der Waals surface area contributed by atoms with E-state index in [4.69, 9.17) is 0 Å². The predicted molar refractivity (Wildman–Crippen MR) is 108 cm³/mol. The number of rotatable bonds is 5. The molecule has 1 aromatic carbocycles. The number of hydrazine groups is 1. The molecule has 3 aliphatic rings. The van der Waals surface area contributed by atoms with E-state index in [9.17, 15) is 13.2 Å². The average Bonchev–Trinajstić information content (AvgIpc) is 2.68. The van der Waals surface area contributed by atoms with Gasteiger partial charge in [0.25, 0.3) is 10.0 Å². The summed E-state index contributed by atoms with van der Waals surface area (Å²) < 4.78 is 28.3. The summed E-state index contributed by atoms with van der Waals surface area (Å²) in [7, 11) is -3.68. The van der Waals surface area contributed by atoms with Crippen molar-refractivity contribution in [2.45, 2.75) is 43.0 Å². The number of fused-ring (bicyclic) bond motifs is 2. The first-order chi connectivity index (χ1) is 13.5. The number of nitrogens with one attached hydrogen (secondary N) is 2. The van der Waals surface area contributed by atoms with Gasteiger partial charge in [-0.25, -0.2) is 5.01 Å². The molecule has 1 aliphatic carbocycles. The number of benzene rings is 1. The van der Waals surface area contributed by atoms with Gasteiger partial charge in [-0.2, -0.15) is 8.42 Å². The molecule has 0 radical (unpaired) electrons. The Kier molecular flexibility index (Phi) is 5.32. The lowest BCUT2D eigenvalue weighted by Gasteiger charge is -2.39. The molecule has 2 heterocycles. The van der Waals surface area contributed by atoms with Crippen molar-refractivity contribution < 1.29 is 13.2 Å². The van der Waals surface area contributed by atoms with E-state index in [2.05, 4.69) is 33.4 Å². The van der Waals surface area contributed by atoms with Crippen LogP contribution in [0.2, 0.25) is 0 Å². The summed E-state index contributed by atoms with van der Waals surface area (Å²) in [5.74, 6) is 0.776. The van der Waals surface area contributed by atoms with Crippen LogP contribution in [0.3, 0.4) is 0 Å². The molecule has 0 bridgehead atoms. The maximum atomic E-state index is 12.4. The van der Waals surface area contributed by atoms with Crippen LogP contribution in [0, 0.1) is 5.92 Å². The molecule has 1 aromatic rings. The second-order valence-corrected chi connectivity index (χ2v) is 8.86. The molecule has 28 heavy (non-hydrogen) atoms. The standard InChI is InChI=1S/C20H24N4O3S/c25-20(22-24-14-6-8-15-7-1-3-10-17(15)24)13-5-12-19-21-16-9-2-4-11-18(16)28(26,27)23-19/h1-4,7,9-11,15,17H,5-6,8,12-14H2,(H,21,23)(H,22,25)/t15-,17+/m1/s1. The number of hydrogen-bond acceptors (Lipinski definition) is 5. The molecule has 8 heteroatoms. The third-order valence-electron chi connectivity index (χ3n) is 5.27. The number of hydrogen-bond donors (Lipinski definition) is 2. The normalized spacial score (nSPS) is 25.2. The van der Waals surface area contributed by atoms with Crippen LogP contribution in [0.5, 0.6) is 0 Å². The summed E-state index contributed by atoms with van der Waals surface area (Å²) in [5, 5.41) is 5.08. The lowest BCUT2D eigenvalue weighted by Crippen LogP contribution is -2.53. The van der Waals surface area contributed by atoms with Crippen LogP contribution in [0.1, 0.15) is 32.1 Å².